The highest BCUT2D eigenvalue weighted by atomic mass is 32.2. The van der Waals surface area contributed by atoms with Crippen LogP contribution in [0.15, 0.2) is 4.99 Å². The van der Waals surface area contributed by atoms with E-state index in [1.165, 1.54) is 6.42 Å². The fourth-order valence-electron chi connectivity index (χ4n) is 2.18. The van der Waals surface area contributed by atoms with Crippen LogP contribution in [0.5, 0.6) is 0 Å². The Labute approximate surface area is 139 Å². The minimum Gasteiger partial charge on any atom is -0.357 e. The van der Waals surface area contributed by atoms with Crippen LogP contribution in [0.2, 0.25) is 0 Å². The summed E-state index contributed by atoms with van der Waals surface area (Å²) in [4.78, 5) is 18.8. The van der Waals surface area contributed by atoms with Gasteiger partial charge in [0.05, 0.1) is 6.54 Å². The van der Waals surface area contributed by atoms with Crippen LogP contribution < -0.4 is 10.6 Å². The number of hydrogen-bond donors (Lipinski definition) is 2. The zero-order valence-corrected chi connectivity index (χ0v) is 15.6. The first kappa shape index (κ1) is 19.1. The standard InChI is InChI=1S/C16H32N4OS/c1-6-13-12-20(10-11-22-13)15(17-7-2)19-9-8-18-14(21)16(3,4)5/h13H,6-12H2,1-5H3,(H,17,19)(H,18,21). The lowest BCUT2D eigenvalue weighted by Gasteiger charge is -2.34. The number of aliphatic imine (C=N–C) groups is 1. The molecule has 1 aliphatic rings. The van der Waals surface area contributed by atoms with Gasteiger partial charge in [-0.25, -0.2) is 0 Å². The van der Waals surface area contributed by atoms with Gasteiger partial charge < -0.3 is 15.5 Å². The van der Waals surface area contributed by atoms with Gasteiger partial charge in [-0.2, -0.15) is 11.8 Å². The van der Waals surface area contributed by atoms with Crippen molar-refractivity contribution in [3.63, 3.8) is 0 Å². The van der Waals surface area contributed by atoms with E-state index in [4.69, 9.17) is 0 Å². The van der Waals surface area contributed by atoms with E-state index in [0.717, 1.165) is 31.3 Å². The Balaban J connectivity index is 2.50. The van der Waals surface area contributed by atoms with Gasteiger partial charge in [0.15, 0.2) is 5.96 Å². The van der Waals surface area contributed by atoms with Crippen molar-refractivity contribution in [3.8, 4) is 0 Å². The van der Waals surface area contributed by atoms with Gasteiger partial charge in [-0.1, -0.05) is 27.7 Å². The van der Waals surface area contributed by atoms with Crippen molar-refractivity contribution in [2.45, 2.75) is 46.3 Å². The van der Waals surface area contributed by atoms with Crippen LogP contribution in [0.25, 0.3) is 0 Å². The first-order valence-corrected chi connectivity index (χ1v) is 9.36. The molecule has 128 valence electrons. The molecule has 0 aromatic rings. The Kier molecular flexibility index (Phi) is 8.07. The molecule has 1 amide bonds. The van der Waals surface area contributed by atoms with Crippen molar-refractivity contribution in [1.29, 1.82) is 0 Å². The van der Waals surface area contributed by atoms with Gasteiger partial charge in [-0.05, 0) is 13.3 Å². The summed E-state index contributed by atoms with van der Waals surface area (Å²) in [5, 5.41) is 7.01. The lowest BCUT2D eigenvalue weighted by molar-refractivity contribution is -0.128. The number of guanidine groups is 1. The van der Waals surface area contributed by atoms with E-state index >= 15 is 0 Å². The average Bonchev–Trinajstić information content (AvgIpc) is 2.49. The zero-order valence-electron chi connectivity index (χ0n) is 14.7. The highest BCUT2D eigenvalue weighted by molar-refractivity contribution is 8.00. The molecule has 0 spiro atoms. The molecule has 0 radical (unpaired) electrons. The number of rotatable bonds is 5. The summed E-state index contributed by atoms with van der Waals surface area (Å²) in [6, 6.07) is 0. The second-order valence-electron chi connectivity index (χ2n) is 6.59. The molecule has 1 fully saturated rings. The Morgan fingerprint density at radius 2 is 2.05 bits per heavy atom. The summed E-state index contributed by atoms with van der Waals surface area (Å²) in [6.07, 6.45) is 1.20. The maximum atomic E-state index is 11.8. The van der Waals surface area contributed by atoms with Crippen molar-refractivity contribution in [2.24, 2.45) is 10.4 Å². The van der Waals surface area contributed by atoms with Gasteiger partial charge in [0, 0.05) is 42.6 Å². The number of carbonyl (C=O) groups excluding carboxylic acids is 1. The van der Waals surface area contributed by atoms with Gasteiger partial charge in [-0.15, -0.1) is 0 Å². The topological polar surface area (TPSA) is 56.7 Å². The minimum atomic E-state index is -0.341. The average molecular weight is 329 g/mol. The second kappa shape index (κ2) is 9.28. The molecule has 0 bridgehead atoms. The number of nitrogens with zero attached hydrogens (tertiary/aromatic N) is 2. The van der Waals surface area contributed by atoms with E-state index < -0.39 is 0 Å². The van der Waals surface area contributed by atoms with E-state index in [2.05, 4.69) is 46.1 Å². The first-order valence-electron chi connectivity index (χ1n) is 8.31. The van der Waals surface area contributed by atoms with Crippen LogP contribution in [-0.2, 0) is 4.79 Å². The fourth-order valence-corrected chi connectivity index (χ4v) is 3.36. The molecule has 1 atom stereocenters. The third kappa shape index (κ3) is 6.46. The minimum absolute atomic E-state index is 0.0770. The maximum Gasteiger partial charge on any atom is 0.225 e. The molecule has 1 rings (SSSR count). The molecule has 1 unspecified atom stereocenters. The van der Waals surface area contributed by atoms with Crippen LogP contribution in [0.1, 0.15) is 41.0 Å². The maximum absolute atomic E-state index is 11.8. The molecular formula is C16H32N4OS. The van der Waals surface area contributed by atoms with Crippen molar-refractivity contribution >= 4 is 23.6 Å². The number of amides is 1. The van der Waals surface area contributed by atoms with Crippen molar-refractivity contribution in [2.75, 3.05) is 38.5 Å². The Morgan fingerprint density at radius 3 is 2.64 bits per heavy atom. The molecule has 0 aliphatic carbocycles. The monoisotopic (exact) mass is 328 g/mol. The predicted molar refractivity (Wildman–Crippen MR) is 96.6 cm³/mol. The van der Waals surface area contributed by atoms with E-state index in [-0.39, 0.29) is 11.3 Å². The molecule has 1 aliphatic heterocycles. The molecule has 22 heavy (non-hydrogen) atoms. The van der Waals surface area contributed by atoms with E-state index in [0.29, 0.717) is 18.3 Å². The summed E-state index contributed by atoms with van der Waals surface area (Å²) in [5.41, 5.74) is -0.341. The summed E-state index contributed by atoms with van der Waals surface area (Å²) >= 11 is 2.06. The van der Waals surface area contributed by atoms with E-state index in [1.807, 2.05) is 20.8 Å². The van der Waals surface area contributed by atoms with Gasteiger partial charge in [0.25, 0.3) is 0 Å². The molecule has 6 heteroatoms. The lowest BCUT2D eigenvalue weighted by atomic mass is 9.96. The van der Waals surface area contributed by atoms with Gasteiger partial charge in [0.2, 0.25) is 5.91 Å². The smallest absolute Gasteiger partial charge is 0.225 e. The molecule has 1 saturated heterocycles. The number of hydrogen-bond acceptors (Lipinski definition) is 3. The Bertz CT molecular complexity index is 379. The highest BCUT2D eigenvalue weighted by Crippen LogP contribution is 2.21. The van der Waals surface area contributed by atoms with Gasteiger partial charge in [-0.3, -0.25) is 9.79 Å². The summed E-state index contributed by atoms with van der Waals surface area (Å²) in [7, 11) is 0. The number of nitrogens with one attached hydrogen (secondary N) is 2. The highest BCUT2D eigenvalue weighted by Gasteiger charge is 2.22. The molecule has 2 N–H and O–H groups in total. The molecule has 1 heterocycles. The predicted octanol–water partition coefficient (Wildman–Crippen LogP) is 1.94. The molecular weight excluding hydrogens is 296 g/mol. The summed E-state index contributed by atoms with van der Waals surface area (Å²) in [5.74, 6) is 2.21. The normalized spacial score (nSPS) is 20.0. The van der Waals surface area contributed by atoms with Crippen molar-refractivity contribution in [1.82, 2.24) is 15.5 Å². The second-order valence-corrected chi connectivity index (χ2v) is 8.00. The summed E-state index contributed by atoms with van der Waals surface area (Å²) < 4.78 is 0. The third-order valence-electron chi connectivity index (χ3n) is 3.57. The van der Waals surface area contributed by atoms with E-state index in [9.17, 15) is 4.79 Å². The number of carbonyl (C=O) groups is 1. The van der Waals surface area contributed by atoms with E-state index in [1.54, 1.807) is 0 Å². The first-order chi connectivity index (χ1) is 10.4. The molecule has 0 aromatic carbocycles. The molecule has 0 saturated carbocycles. The third-order valence-corrected chi connectivity index (χ3v) is 4.94. The van der Waals surface area contributed by atoms with Gasteiger partial charge >= 0.3 is 0 Å². The number of thioether (sulfide) groups is 1. The zero-order chi connectivity index (χ0) is 16.6. The van der Waals surface area contributed by atoms with Crippen LogP contribution in [-0.4, -0.2) is 60.5 Å². The van der Waals surface area contributed by atoms with Crippen LogP contribution >= 0.6 is 11.8 Å². The molecule has 0 aromatic heterocycles. The Morgan fingerprint density at radius 1 is 1.32 bits per heavy atom. The SMILES string of the molecule is CCNC(=NCCNC(=O)C(C)(C)C)N1CCSC(CC)C1. The van der Waals surface area contributed by atoms with Gasteiger partial charge in [0.1, 0.15) is 0 Å². The van der Waals surface area contributed by atoms with Crippen molar-refractivity contribution in [3.05, 3.63) is 0 Å². The van der Waals surface area contributed by atoms with Crippen molar-refractivity contribution < 1.29 is 4.79 Å². The lowest BCUT2D eigenvalue weighted by Crippen LogP contribution is -2.48. The summed E-state index contributed by atoms with van der Waals surface area (Å²) in [6.45, 7) is 14.3. The quantitative estimate of drug-likeness (QED) is 0.460. The van der Waals surface area contributed by atoms with Crippen LogP contribution in [0, 0.1) is 5.41 Å². The van der Waals surface area contributed by atoms with Crippen LogP contribution in [0.3, 0.4) is 0 Å². The van der Waals surface area contributed by atoms with Crippen LogP contribution in [0.4, 0.5) is 0 Å². The fraction of sp³-hybridized carbons (Fsp3) is 0.875. The largest absolute Gasteiger partial charge is 0.357 e. The molecule has 5 nitrogen and oxygen atoms in total. The Hall–Kier alpha value is -0.910.